The Kier molecular flexibility index (Phi) is 2.59. The second kappa shape index (κ2) is 4.26. The molecule has 0 fully saturated rings. The van der Waals surface area contributed by atoms with Crippen molar-refractivity contribution in [1.29, 1.82) is 0 Å². The van der Waals surface area contributed by atoms with Gasteiger partial charge in [-0.1, -0.05) is 44.2 Å². The van der Waals surface area contributed by atoms with Crippen molar-refractivity contribution in [2.24, 2.45) is 0 Å². The van der Waals surface area contributed by atoms with E-state index in [1.807, 2.05) is 42.5 Å². The van der Waals surface area contributed by atoms with Crippen molar-refractivity contribution in [3.05, 3.63) is 54.1 Å². The van der Waals surface area contributed by atoms with Gasteiger partial charge < -0.3 is 0 Å². The first-order chi connectivity index (χ1) is 8.75. The molecule has 0 bridgehead atoms. The van der Waals surface area contributed by atoms with Gasteiger partial charge >= 0.3 is 0 Å². The third kappa shape index (κ3) is 1.78. The smallest absolute Gasteiger partial charge is 0.117 e. The number of fused-ring (bicyclic) bond motifs is 1. The number of nitrogens with zero attached hydrogens (tertiary/aromatic N) is 3. The van der Waals surface area contributed by atoms with Gasteiger partial charge in [0.2, 0.25) is 0 Å². The van der Waals surface area contributed by atoms with Crippen molar-refractivity contribution >= 4 is 11.0 Å². The van der Waals surface area contributed by atoms with Crippen LogP contribution in [0.25, 0.3) is 16.7 Å². The van der Waals surface area contributed by atoms with Gasteiger partial charge in [0.15, 0.2) is 0 Å². The summed E-state index contributed by atoms with van der Waals surface area (Å²) >= 11 is 0. The van der Waals surface area contributed by atoms with Crippen LogP contribution in [-0.4, -0.2) is 15.0 Å². The van der Waals surface area contributed by atoms with Gasteiger partial charge in [0.05, 0.1) is 5.69 Å². The molecule has 3 heteroatoms. The van der Waals surface area contributed by atoms with Crippen molar-refractivity contribution in [3.8, 4) is 5.69 Å². The van der Waals surface area contributed by atoms with Crippen molar-refractivity contribution < 1.29 is 0 Å². The number of para-hydroxylation sites is 1. The Morgan fingerprint density at radius 1 is 0.889 bits per heavy atom. The summed E-state index contributed by atoms with van der Waals surface area (Å²) < 4.78 is 0. The maximum absolute atomic E-state index is 4.61. The third-order valence-electron chi connectivity index (χ3n) is 3.05. The zero-order valence-electron chi connectivity index (χ0n) is 10.5. The zero-order chi connectivity index (χ0) is 12.5. The predicted octanol–water partition coefficient (Wildman–Crippen LogP) is 3.54. The van der Waals surface area contributed by atoms with E-state index in [4.69, 9.17) is 0 Å². The summed E-state index contributed by atoms with van der Waals surface area (Å²) in [6.45, 7) is 4.35. The maximum atomic E-state index is 4.61. The molecule has 0 radical (unpaired) electrons. The van der Waals surface area contributed by atoms with E-state index in [1.165, 1.54) is 5.56 Å². The predicted molar refractivity (Wildman–Crippen MR) is 73.0 cm³/mol. The van der Waals surface area contributed by atoms with Crippen LogP contribution in [0.15, 0.2) is 48.5 Å². The molecule has 0 aliphatic heterocycles. The van der Waals surface area contributed by atoms with Crippen LogP contribution in [0.3, 0.4) is 0 Å². The van der Waals surface area contributed by atoms with E-state index < -0.39 is 0 Å². The summed E-state index contributed by atoms with van der Waals surface area (Å²) in [4.78, 5) is 1.70. The van der Waals surface area contributed by atoms with Gasteiger partial charge in [-0.3, -0.25) is 0 Å². The van der Waals surface area contributed by atoms with Crippen LogP contribution >= 0.6 is 0 Å². The highest BCUT2D eigenvalue weighted by molar-refractivity contribution is 5.78. The fourth-order valence-corrected chi connectivity index (χ4v) is 2.10. The highest BCUT2D eigenvalue weighted by atomic mass is 15.5. The number of benzene rings is 2. The minimum atomic E-state index is 0.453. The van der Waals surface area contributed by atoms with Crippen LogP contribution < -0.4 is 0 Å². The van der Waals surface area contributed by atoms with E-state index in [0.717, 1.165) is 16.7 Å². The first-order valence-electron chi connectivity index (χ1n) is 6.17. The molecule has 1 aromatic heterocycles. The van der Waals surface area contributed by atoms with Crippen molar-refractivity contribution in [2.75, 3.05) is 0 Å². The molecular formula is C15H15N3. The fraction of sp³-hybridized carbons (Fsp3) is 0.200. The lowest BCUT2D eigenvalue weighted by atomic mass is 10.0. The summed E-state index contributed by atoms with van der Waals surface area (Å²) in [6, 6.07) is 16.2. The number of aromatic nitrogens is 3. The molecule has 90 valence electrons. The lowest BCUT2D eigenvalue weighted by Crippen LogP contribution is -1.97. The first kappa shape index (κ1) is 11.0. The van der Waals surface area contributed by atoms with Crippen LogP contribution in [-0.2, 0) is 0 Å². The van der Waals surface area contributed by atoms with Gasteiger partial charge in [-0.2, -0.15) is 4.80 Å². The van der Waals surface area contributed by atoms with Crippen LogP contribution in [0.4, 0.5) is 0 Å². The Bertz CT molecular complexity index is 669. The molecular weight excluding hydrogens is 222 g/mol. The molecule has 2 aromatic carbocycles. The Balaban J connectivity index is 2.20. The number of rotatable bonds is 2. The SMILES string of the molecule is CC(C)c1cccc2nn(-c3ccccc3)nc12. The van der Waals surface area contributed by atoms with Gasteiger partial charge in [-0.05, 0) is 29.7 Å². The molecule has 18 heavy (non-hydrogen) atoms. The molecule has 0 aliphatic carbocycles. The van der Waals surface area contributed by atoms with Gasteiger partial charge in [0, 0.05) is 0 Å². The quantitative estimate of drug-likeness (QED) is 0.682. The molecule has 3 nitrogen and oxygen atoms in total. The first-order valence-corrected chi connectivity index (χ1v) is 6.17. The van der Waals surface area contributed by atoms with Crippen molar-refractivity contribution in [3.63, 3.8) is 0 Å². The second-order valence-corrected chi connectivity index (χ2v) is 4.69. The highest BCUT2D eigenvalue weighted by Gasteiger charge is 2.10. The van der Waals surface area contributed by atoms with Crippen LogP contribution in [0.5, 0.6) is 0 Å². The van der Waals surface area contributed by atoms with E-state index >= 15 is 0 Å². The van der Waals surface area contributed by atoms with Crippen LogP contribution in [0.2, 0.25) is 0 Å². The average molecular weight is 237 g/mol. The average Bonchev–Trinajstić information content (AvgIpc) is 2.83. The lowest BCUT2D eigenvalue weighted by molar-refractivity contribution is 0.762. The van der Waals surface area contributed by atoms with Gasteiger partial charge in [-0.15, -0.1) is 10.2 Å². The van der Waals surface area contributed by atoms with Gasteiger partial charge in [0.25, 0.3) is 0 Å². The molecule has 0 saturated carbocycles. The Morgan fingerprint density at radius 3 is 2.39 bits per heavy atom. The Hall–Kier alpha value is -2.16. The van der Waals surface area contributed by atoms with E-state index in [9.17, 15) is 0 Å². The summed E-state index contributed by atoms with van der Waals surface area (Å²) in [6.07, 6.45) is 0. The summed E-state index contributed by atoms with van der Waals surface area (Å²) in [5.74, 6) is 0.453. The van der Waals surface area contributed by atoms with Crippen molar-refractivity contribution in [2.45, 2.75) is 19.8 Å². The fourth-order valence-electron chi connectivity index (χ4n) is 2.10. The molecule has 0 atom stereocenters. The van der Waals surface area contributed by atoms with E-state index in [0.29, 0.717) is 5.92 Å². The zero-order valence-corrected chi connectivity index (χ0v) is 10.5. The summed E-state index contributed by atoms with van der Waals surface area (Å²) in [5.41, 5.74) is 4.18. The molecule has 3 rings (SSSR count). The molecule has 0 aliphatic rings. The Morgan fingerprint density at radius 2 is 1.67 bits per heavy atom. The van der Waals surface area contributed by atoms with Gasteiger partial charge in [0.1, 0.15) is 11.0 Å². The monoisotopic (exact) mass is 237 g/mol. The maximum Gasteiger partial charge on any atom is 0.117 e. The largest absolute Gasteiger partial charge is 0.150 e. The molecule has 0 unspecified atom stereocenters. The highest BCUT2D eigenvalue weighted by Crippen LogP contribution is 2.23. The second-order valence-electron chi connectivity index (χ2n) is 4.69. The standard InChI is InChI=1S/C15H15N3/c1-11(2)13-9-6-10-14-15(13)17-18(16-14)12-7-4-3-5-8-12/h3-11H,1-2H3. The lowest BCUT2D eigenvalue weighted by Gasteiger charge is -2.03. The molecule has 0 saturated heterocycles. The molecule has 0 amide bonds. The van der Waals surface area contributed by atoms with E-state index in [1.54, 1.807) is 4.80 Å². The summed E-state index contributed by atoms with van der Waals surface area (Å²) in [7, 11) is 0. The van der Waals surface area contributed by atoms with Crippen LogP contribution in [0, 0.1) is 0 Å². The topological polar surface area (TPSA) is 30.7 Å². The minimum absolute atomic E-state index is 0.453. The van der Waals surface area contributed by atoms with Gasteiger partial charge in [-0.25, -0.2) is 0 Å². The van der Waals surface area contributed by atoms with Crippen molar-refractivity contribution in [1.82, 2.24) is 15.0 Å². The van der Waals surface area contributed by atoms with E-state index in [2.05, 4.69) is 30.1 Å². The summed E-state index contributed by atoms with van der Waals surface area (Å²) in [5, 5.41) is 9.14. The molecule has 3 aromatic rings. The van der Waals surface area contributed by atoms with Crippen LogP contribution in [0.1, 0.15) is 25.3 Å². The normalized spacial score (nSPS) is 11.3. The number of hydrogen-bond donors (Lipinski definition) is 0. The molecule has 1 heterocycles. The van der Waals surface area contributed by atoms with E-state index in [-0.39, 0.29) is 0 Å². The number of hydrogen-bond acceptors (Lipinski definition) is 2. The minimum Gasteiger partial charge on any atom is -0.150 e. The molecule has 0 spiro atoms. The Labute approximate surface area is 106 Å². The molecule has 0 N–H and O–H groups in total. The third-order valence-corrected chi connectivity index (χ3v) is 3.05.